The Morgan fingerprint density at radius 3 is 2.22 bits per heavy atom. The van der Waals surface area contributed by atoms with E-state index < -0.39 is 21.3 Å². The summed E-state index contributed by atoms with van der Waals surface area (Å²) in [4.78, 5) is 11.4. The van der Waals surface area contributed by atoms with E-state index >= 15 is 0 Å². The fourth-order valence-electron chi connectivity index (χ4n) is 1.88. The second-order valence-corrected chi connectivity index (χ2v) is 8.21. The molecule has 2 atom stereocenters. The molecule has 2 aromatic rings. The molecule has 2 rings (SSSR count). The maximum atomic E-state index is 13.6. The van der Waals surface area contributed by atoms with Crippen LogP contribution in [0, 0.1) is 5.82 Å². The first-order valence-corrected chi connectivity index (χ1v) is 9.48. The quantitative estimate of drug-likeness (QED) is 0.230. The third kappa shape index (κ3) is 4.42. The zero-order chi connectivity index (χ0) is 17.3. The van der Waals surface area contributed by atoms with Crippen LogP contribution in [-0.2, 0) is 0 Å². The van der Waals surface area contributed by atoms with Crippen molar-refractivity contribution in [2.75, 3.05) is 0 Å². The van der Waals surface area contributed by atoms with Gasteiger partial charge in [-0.15, -0.1) is 0 Å². The van der Waals surface area contributed by atoms with Gasteiger partial charge in [0.2, 0.25) is 0 Å². The van der Waals surface area contributed by atoms with E-state index in [4.69, 9.17) is 46.4 Å². The van der Waals surface area contributed by atoms with Gasteiger partial charge in [-0.25, -0.2) is 4.39 Å². The summed E-state index contributed by atoms with van der Waals surface area (Å²) in [6.07, 6.45) is 0. The predicted octanol–water partition coefficient (Wildman–Crippen LogP) is 7.52. The van der Waals surface area contributed by atoms with E-state index in [2.05, 4.69) is 31.9 Å². The standard InChI is InChI=1S/C15H7Br2Cl4FO/c16-13(7-2-1-6(18)3-9(7)19)14(17)15(23)8-4-12(22)11(21)5-10(8)20/h1-5,13-14H. The molecule has 0 bridgehead atoms. The van der Waals surface area contributed by atoms with Gasteiger partial charge in [0.1, 0.15) is 5.82 Å². The smallest absolute Gasteiger partial charge is 0.179 e. The lowest BCUT2D eigenvalue weighted by molar-refractivity contribution is 0.0990. The summed E-state index contributed by atoms with van der Waals surface area (Å²) in [6, 6.07) is 7.16. The lowest BCUT2D eigenvalue weighted by Crippen LogP contribution is -2.20. The second kappa shape index (κ2) is 8.03. The molecule has 23 heavy (non-hydrogen) atoms. The lowest BCUT2D eigenvalue weighted by Gasteiger charge is -2.18. The minimum Gasteiger partial charge on any atom is -0.293 e. The zero-order valence-electron chi connectivity index (χ0n) is 11.1. The molecule has 0 aliphatic rings. The van der Waals surface area contributed by atoms with Crippen molar-refractivity contribution in [1.29, 1.82) is 0 Å². The summed E-state index contributed by atoms with van der Waals surface area (Å²) >= 11 is 30.4. The Kier molecular flexibility index (Phi) is 6.80. The molecule has 0 fully saturated rings. The molecule has 0 spiro atoms. The van der Waals surface area contributed by atoms with Crippen LogP contribution in [0.4, 0.5) is 4.39 Å². The molecule has 0 saturated carbocycles. The maximum absolute atomic E-state index is 13.6. The van der Waals surface area contributed by atoms with Gasteiger partial charge in [-0.1, -0.05) is 84.3 Å². The van der Waals surface area contributed by atoms with Crippen LogP contribution in [0.5, 0.6) is 0 Å². The van der Waals surface area contributed by atoms with Crippen LogP contribution in [0.3, 0.4) is 0 Å². The number of Topliss-reactive ketones (excluding diaryl/α,β-unsaturated/α-hetero) is 1. The molecule has 1 nitrogen and oxygen atoms in total. The van der Waals surface area contributed by atoms with Gasteiger partial charge in [0.25, 0.3) is 0 Å². The number of hydrogen-bond acceptors (Lipinski definition) is 1. The van der Waals surface area contributed by atoms with Gasteiger partial charge in [0.05, 0.1) is 19.7 Å². The topological polar surface area (TPSA) is 17.1 Å². The SMILES string of the molecule is O=C(c1cc(F)c(Cl)cc1Cl)C(Br)C(Br)c1ccc(Cl)cc1Cl. The normalized spacial score (nSPS) is 13.7. The lowest BCUT2D eigenvalue weighted by atomic mass is 10.0. The highest BCUT2D eigenvalue weighted by Gasteiger charge is 2.29. The van der Waals surface area contributed by atoms with Gasteiger partial charge in [0, 0.05) is 15.6 Å². The molecule has 0 aromatic heterocycles. The Morgan fingerprint density at radius 1 is 0.957 bits per heavy atom. The number of halogens is 7. The minimum absolute atomic E-state index is 0.0324. The van der Waals surface area contributed by atoms with Crippen molar-refractivity contribution in [3.8, 4) is 0 Å². The molecule has 0 aliphatic carbocycles. The van der Waals surface area contributed by atoms with E-state index in [0.717, 1.165) is 6.07 Å². The van der Waals surface area contributed by atoms with Crippen molar-refractivity contribution in [3.63, 3.8) is 0 Å². The fourth-order valence-corrected chi connectivity index (χ4v) is 4.18. The summed E-state index contributed by atoms with van der Waals surface area (Å²) < 4.78 is 13.6. The van der Waals surface area contributed by atoms with Gasteiger partial charge in [-0.05, 0) is 29.8 Å². The molecule has 2 unspecified atom stereocenters. The summed E-state index contributed by atoms with van der Waals surface area (Å²) in [6.45, 7) is 0. The van der Waals surface area contributed by atoms with Gasteiger partial charge < -0.3 is 0 Å². The van der Waals surface area contributed by atoms with Gasteiger partial charge >= 0.3 is 0 Å². The van der Waals surface area contributed by atoms with Crippen LogP contribution >= 0.6 is 78.3 Å². The van der Waals surface area contributed by atoms with Crippen LogP contribution < -0.4 is 0 Å². The molecule has 0 radical (unpaired) electrons. The number of carbonyl (C=O) groups excluding carboxylic acids is 1. The van der Waals surface area contributed by atoms with Gasteiger partial charge in [0.15, 0.2) is 5.78 Å². The van der Waals surface area contributed by atoms with Crippen LogP contribution in [-0.4, -0.2) is 10.6 Å². The summed E-state index contributed by atoms with van der Waals surface area (Å²) in [5.41, 5.74) is 0.696. The molecule has 8 heteroatoms. The summed E-state index contributed by atoms with van der Waals surface area (Å²) in [5.74, 6) is -1.12. The highest BCUT2D eigenvalue weighted by atomic mass is 79.9. The predicted molar refractivity (Wildman–Crippen MR) is 102 cm³/mol. The molecule has 0 heterocycles. The first-order chi connectivity index (χ1) is 10.7. The van der Waals surface area contributed by atoms with E-state index in [1.165, 1.54) is 6.07 Å². The summed E-state index contributed by atoms with van der Waals surface area (Å²) in [5, 5.41) is 0.824. The molecule has 0 amide bonds. The van der Waals surface area contributed by atoms with E-state index in [1.807, 2.05) is 0 Å². The largest absolute Gasteiger partial charge is 0.293 e. The molecule has 0 saturated heterocycles. The molecule has 2 aromatic carbocycles. The van der Waals surface area contributed by atoms with Crippen molar-refractivity contribution < 1.29 is 9.18 Å². The monoisotopic (exact) mass is 520 g/mol. The van der Waals surface area contributed by atoms with Crippen molar-refractivity contribution in [3.05, 3.63) is 67.4 Å². The third-order valence-corrected chi connectivity index (χ3v) is 6.88. The number of alkyl halides is 2. The molecule has 0 N–H and O–H groups in total. The van der Waals surface area contributed by atoms with E-state index in [0.29, 0.717) is 15.6 Å². The van der Waals surface area contributed by atoms with Gasteiger partial charge in [-0.2, -0.15) is 0 Å². The Hall–Kier alpha value is 0.160. The van der Waals surface area contributed by atoms with E-state index in [9.17, 15) is 9.18 Å². The van der Waals surface area contributed by atoms with E-state index in [1.54, 1.807) is 18.2 Å². The van der Waals surface area contributed by atoms with Crippen LogP contribution in [0.1, 0.15) is 20.7 Å². The maximum Gasteiger partial charge on any atom is 0.179 e. The average molecular weight is 524 g/mol. The Morgan fingerprint density at radius 2 is 1.61 bits per heavy atom. The van der Waals surface area contributed by atoms with E-state index in [-0.39, 0.29) is 15.6 Å². The van der Waals surface area contributed by atoms with Crippen LogP contribution in [0.25, 0.3) is 0 Å². The first-order valence-electron chi connectivity index (χ1n) is 6.14. The van der Waals surface area contributed by atoms with Crippen LogP contribution in [0.2, 0.25) is 20.1 Å². The Bertz CT molecular complexity index is 769. The number of rotatable bonds is 4. The average Bonchev–Trinajstić information content (AvgIpc) is 2.49. The fraction of sp³-hybridized carbons (Fsp3) is 0.133. The van der Waals surface area contributed by atoms with Gasteiger partial charge in [-0.3, -0.25) is 4.79 Å². The van der Waals surface area contributed by atoms with Crippen LogP contribution in [0.15, 0.2) is 30.3 Å². The molecular formula is C15H7Br2Cl4FO. The van der Waals surface area contributed by atoms with Crippen molar-refractivity contribution in [1.82, 2.24) is 0 Å². The summed E-state index contributed by atoms with van der Waals surface area (Å²) in [7, 11) is 0. The third-order valence-electron chi connectivity index (χ3n) is 3.04. The van der Waals surface area contributed by atoms with Crippen molar-refractivity contribution in [2.45, 2.75) is 9.65 Å². The minimum atomic E-state index is -0.723. The molecular weight excluding hydrogens is 517 g/mol. The number of ketones is 1. The molecule has 0 aliphatic heterocycles. The number of hydrogen-bond donors (Lipinski definition) is 0. The zero-order valence-corrected chi connectivity index (χ0v) is 17.3. The highest BCUT2D eigenvalue weighted by molar-refractivity contribution is 9.12. The van der Waals surface area contributed by atoms with Crippen molar-refractivity contribution in [2.24, 2.45) is 0 Å². The Balaban J connectivity index is 2.34. The molecule has 122 valence electrons. The van der Waals surface area contributed by atoms with Crippen molar-refractivity contribution >= 4 is 84.0 Å². The second-order valence-electron chi connectivity index (χ2n) is 4.58. The first kappa shape index (κ1) is 19.5. The number of carbonyl (C=O) groups is 1. The Labute approximate surface area is 169 Å². The highest BCUT2D eigenvalue weighted by Crippen LogP contribution is 2.39. The number of benzene rings is 2.